The Morgan fingerprint density at radius 3 is 2.31 bits per heavy atom. The molecule has 2 atom stereocenters. The van der Waals surface area contributed by atoms with Gasteiger partial charge < -0.3 is 15.4 Å². The van der Waals surface area contributed by atoms with Crippen molar-refractivity contribution in [3.8, 4) is 0 Å². The molecule has 0 unspecified atom stereocenters. The van der Waals surface area contributed by atoms with Crippen LogP contribution in [0.15, 0.2) is 24.3 Å². The van der Waals surface area contributed by atoms with E-state index in [1.165, 1.54) is 13.8 Å². The van der Waals surface area contributed by atoms with Crippen LogP contribution in [0.1, 0.15) is 32.8 Å². The lowest BCUT2D eigenvalue weighted by Gasteiger charge is -2.19. The number of ether oxygens (including phenoxy) is 1. The van der Waals surface area contributed by atoms with E-state index in [-0.39, 0.29) is 5.69 Å². The van der Waals surface area contributed by atoms with E-state index in [1.54, 1.807) is 6.92 Å². The normalized spacial score (nSPS) is 20.3. The molecule has 1 aliphatic rings. The first-order valence-electron chi connectivity index (χ1n) is 8.69. The van der Waals surface area contributed by atoms with Crippen LogP contribution < -0.4 is 10.6 Å². The van der Waals surface area contributed by atoms with Gasteiger partial charge in [-0.15, -0.1) is 0 Å². The van der Waals surface area contributed by atoms with Gasteiger partial charge >= 0.3 is 18.2 Å². The summed E-state index contributed by atoms with van der Waals surface area (Å²) in [5.41, 5.74) is -1.90. The van der Waals surface area contributed by atoms with Gasteiger partial charge in [-0.2, -0.15) is 13.2 Å². The standard InChI is InChI=1S/C18H20F3N3O5/c1-4-17(3)15(27)24(16(28)23-17)9-13(25)29-10(2)14(26)22-12-7-5-11(6-8-12)18(19,20)21/h5-8,10H,4,9H2,1-3H3,(H,22,26)(H,23,28)/t10-,17-/m1/s1. The van der Waals surface area contributed by atoms with Gasteiger partial charge in [0.2, 0.25) is 0 Å². The van der Waals surface area contributed by atoms with Crippen molar-refractivity contribution in [2.24, 2.45) is 0 Å². The van der Waals surface area contributed by atoms with Gasteiger partial charge in [-0.1, -0.05) is 6.92 Å². The first-order chi connectivity index (χ1) is 13.4. The van der Waals surface area contributed by atoms with Crippen molar-refractivity contribution < 1.29 is 37.1 Å². The van der Waals surface area contributed by atoms with Crippen molar-refractivity contribution in [2.45, 2.75) is 45.0 Å². The molecule has 8 nitrogen and oxygen atoms in total. The van der Waals surface area contributed by atoms with Crippen molar-refractivity contribution in [2.75, 3.05) is 11.9 Å². The number of amides is 4. The van der Waals surface area contributed by atoms with E-state index in [4.69, 9.17) is 4.74 Å². The minimum Gasteiger partial charge on any atom is -0.451 e. The summed E-state index contributed by atoms with van der Waals surface area (Å²) in [7, 11) is 0. The van der Waals surface area contributed by atoms with Gasteiger partial charge in [0.1, 0.15) is 12.1 Å². The molecule has 2 rings (SSSR count). The highest BCUT2D eigenvalue weighted by Gasteiger charge is 2.47. The van der Waals surface area contributed by atoms with Crippen molar-refractivity contribution in [3.63, 3.8) is 0 Å². The molecule has 0 aliphatic carbocycles. The van der Waals surface area contributed by atoms with Gasteiger partial charge in [-0.05, 0) is 44.5 Å². The molecular formula is C18H20F3N3O5. The van der Waals surface area contributed by atoms with E-state index < -0.39 is 53.7 Å². The lowest BCUT2D eigenvalue weighted by atomic mass is 9.99. The number of carbonyl (C=O) groups is 4. The molecule has 2 N–H and O–H groups in total. The average molecular weight is 415 g/mol. The Hall–Kier alpha value is -3.11. The molecule has 0 saturated carbocycles. The average Bonchev–Trinajstić information content (AvgIpc) is 2.85. The van der Waals surface area contributed by atoms with Crippen LogP contribution in [0.3, 0.4) is 0 Å². The lowest BCUT2D eigenvalue weighted by Crippen LogP contribution is -2.44. The molecular weight excluding hydrogens is 395 g/mol. The predicted octanol–water partition coefficient (Wildman–Crippen LogP) is 2.30. The summed E-state index contributed by atoms with van der Waals surface area (Å²) in [4.78, 5) is 48.9. The summed E-state index contributed by atoms with van der Waals surface area (Å²) >= 11 is 0. The molecule has 1 saturated heterocycles. The summed E-state index contributed by atoms with van der Waals surface area (Å²) in [6, 6.07) is 2.99. The smallest absolute Gasteiger partial charge is 0.416 e. The van der Waals surface area contributed by atoms with Gasteiger partial charge in [0.05, 0.1) is 5.56 Å². The minimum absolute atomic E-state index is 0.0821. The summed E-state index contributed by atoms with van der Waals surface area (Å²) in [5.74, 6) is -2.35. The lowest BCUT2D eigenvalue weighted by molar-refractivity contribution is -0.155. The highest BCUT2D eigenvalue weighted by atomic mass is 19.4. The van der Waals surface area contributed by atoms with Gasteiger partial charge in [0.25, 0.3) is 11.8 Å². The first-order valence-corrected chi connectivity index (χ1v) is 8.69. The molecule has 0 radical (unpaired) electrons. The van der Waals surface area contributed by atoms with E-state index in [1.807, 2.05) is 0 Å². The molecule has 158 valence electrons. The molecule has 1 aliphatic heterocycles. The second kappa shape index (κ2) is 8.10. The van der Waals surface area contributed by atoms with E-state index in [9.17, 15) is 32.3 Å². The molecule has 0 bridgehead atoms. The SMILES string of the molecule is CC[C@@]1(C)NC(=O)N(CC(=O)O[C@H](C)C(=O)Nc2ccc(C(F)(F)F)cc2)C1=O. The second-order valence-electron chi connectivity index (χ2n) is 6.70. The van der Waals surface area contributed by atoms with Gasteiger partial charge in [-0.3, -0.25) is 19.3 Å². The Balaban J connectivity index is 1.91. The molecule has 1 aromatic rings. The summed E-state index contributed by atoms with van der Waals surface area (Å²) < 4.78 is 42.6. The summed E-state index contributed by atoms with van der Waals surface area (Å²) in [6.45, 7) is 3.81. The van der Waals surface area contributed by atoms with E-state index in [0.717, 1.165) is 24.3 Å². The maximum Gasteiger partial charge on any atom is 0.416 e. The minimum atomic E-state index is -4.50. The van der Waals surface area contributed by atoms with Crippen molar-refractivity contribution >= 4 is 29.5 Å². The number of hydrogen-bond donors (Lipinski definition) is 2. The van der Waals surface area contributed by atoms with Gasteiger partial charge in [0, 0.05) is 5.69 Å². The number of urea groups is 1. The molecule has 4 amide bonds. The predicted molar refractivity (Wildman–Crippen MR) is 94.6 cm³/mol. The quantitative estimate of drug-likeness (QED) is 0.548. The highest BCUT2D eigenvalue weighted by molar-refractivity contribution is 6.08. The Labute approximate surface area is 164 Å². The third-order valence-corrected chi connectivity index (χ3v) is 4.50. The number of rotatable bonds is 6. The van der Waals surface area contributed by atoms with Crippen LogP contribution in [0, 0.1) is 0 Å². The molecule has 29 heavy (non-hydrogen) atoms. The Morgan fingerprint density at radius 2 is 1.83 bits per heavy atom. The number of halogens is 3. The maximum absolute atomic E-state index is 12.5. The Morgan fingerprint density at radius 1 is 1.24 bits per heavy atom. The van der Waals surface area contributed by atoms with Crippen LogP contribution in [0.25, 0.3) is 0 Å². The maximum atomic E-state index is 12.5. The molecule has 11 heteroatoms. The second-order valence-corrected chi connectivity index (χ2v) is 6.70. The number of imide groups is 1. The fourth-order valence-corrected chi connectivity index (χ4v) is 2.53. The van der Waals surface area contributed by atoms with Crippen LogP contribution >= 0.6 is 0 Å². The molecule has 1 fully saturated rings. The van der Waals surface area contributed by atoms with Gasteiger partial charge in [0.15, 0.2) is 6.10 Å². The summed E-state index contributed by atoms with van der Waals surface area (Å²) in [6.07, 6.45) is -5.48. The number of nitrogens with zero attached hydrogens (tertiary/aromatic N) is 1. The third-order valence-electron chi connectivity index (χ3n) is 4.50. The number of nitrogens with one attached hydrogen (secondary N) is 2. The zero-order valence-corrected chi connectivity index (χ0v) is 15.9. The van der Waals surface area contributed by atoms with Crippen molar-refractivity contribution in [1.29, 1.82) is 0 Å². The van der Waals surface area contributed by atoms with Crippen LogP contribution in [0.5, 0.6) is 0 Å². The fraction of sp³-hybridized carbons (Fsp3) is 0.444. The number of hydrogen-bond acceptors (Lipinski definition) is 5. The van der Waals surface area contributed by atoms with E-state index in [2.05, 4.69) is 10.6 Å². The van der Waals surface area contributed by atoms with Gasteiger partial charge in [-0.25, -0.2) is 4.79 Å². The molecule has 0 aromatic heterocycles. The summed E-state index contributed by atoms with van der Waals surface area (Å²) in [5, 5.41) is 4.80. The number of benzene rings is 1. The number of alkyl halides is 3. The molecule has 1 aromatic carbocycles. The Bertz CT molecular complexity index is 825. The topological polar surface area (TPSA) is 105 Å². The molecule has 1 heterocycles. The van der Waals surface area contributed by atoms with E-state index >= 15 is 0 Å². The van der Waals surface area contributed by atoms with E-state index in [0.29, 0.717) is 11.3 Å². The zero-order valence-electron chi connectivity index (χ0n) is 15.9. The first kappa shape index (κ1) is 22.2. The van der Waals surface area contributed by atoms with Crippen molar-refractivity contribution in [3.05, 3.63) is 29.8 Å². The van der Waals surface area contributed by atoms with Crippen molar-refractivity contribution in [1.82, 2.24) is 10.2 Å². The Kier molecular flexibility index (Phi) is 6.19. The van der Waals surface area contributed by atoms with Crippen LogP contribution in [0.2, 0.25) is 0 Å². The number of carbonyl (C=O) groups excluding carboxylic acids is 4. The van der Waals surface area contributed by atoms with Crippen LogP contribution in [-0.2, 0) is 25.3 Å². The third kappa shape index (κ3) is 5.04. The zero-order chi connectivity index (χ0) is 22.0. The highest BCUT2D eigenvalue weighted by Crippen LogP contribution is 2.29. The fourth-order valence-electron chi connectivity index (χ4n) is 2.53. The molecule has 0 spiro atoms. The monoisotopic (exact) mass is 415 g/mol. The van der Waals surface area contributed by atoms with Crippen LogP contribution in [-0.4, -0.2) is 46.9 Å². The van der Waals surface area contributed by atoms with Crippen LogP contribution in [0.4, 0.5) is 23.7 Å². The largest absolute Gasteiger partial charge is 0.451 e. The number of esters is 1. The number of anilines is 1.